The highest BCUT2D eigenvalue weighted by Gasteiger charge is 2.15. The van der Waals surface area contributed by atoms with E-state index in [-0.39, 0.29) is 12.3 Å². The van der Waals surface area contributed by atoms with Gasteiger partial charge in [0, 0.05) is 6.54 Å². The van der Waals surface area contributed by atoms with Crippen LogP contribution >= 0.6 is 0 Å². The average Bonchev–Trinajstić information content (AvgIpc) is 3.05. The molecule has 114 valence electrons. The van der Waals surface area contributed by atoms with Gasteiger partial charge in [0.15, 0.2) is 0 Å². The molecule has 0 radical (unpaired) electrons. The number of rotatable bonds is 8. The summed E-state index contributed by atoms with van der Waals surface area (Å²) in [6, 6.07) is 15.0. The molecule has 0 saturated heterocycles. The lowest BCUT2D eigenvalue weighted by Crippen LogP contribution is -2.32. The molecule has 5 nitrogen and oxygen atoms in total. The first-order valence-corrected chi connectivity index (χ1v) is 7.14. The number of furan rings is 1. The number of nitriles is 1. The molecule has 0 aliphatic rings. The number of carbonyl (C=O) groups excluding carboxylic acids is 1. The van der Waals surface area contributed by atoms with Gasteiger partial charge in [0.2, 0.25) is 5.91 Å². The van der Waals surface area contributed by atoms with Crippen LogP contribution in [0.3, 0.4) is 0 Å². The number of hydrogen-bond donors (Lipinski definition) is 0. The lowest BCUT2D eigenvalue weighted by Gasteiger charge is -2.20. The molecule has 0 aliphatic heterocycles. The van der Waals surface area contributed by atoms with E-state index in [0.29, 0.717) is 31.9 Å². The van der Waals surface area contributed by atoms with E-state index in [1.54, 1.807) is 17.2 Å². The molecule has 0 unspecified atom stereocenters. The highest BCUT2D eigenvalue weighted by Crippen LogP contribution is 2.10. The van der Waals surface area contributed by atoms with Crippen LogP contribution in [-0.4, -0.2) is 24.0 Å². The molecule has 1 amide bonds. The molecule has 0 N–H and O–H groups in total. The van der Waals surface area contributed by atoms with Gasteiger partial charge in [-0.3, -0.25) is 4.79 Å². The maximum atomic E-state index is 12.3. The van der Waals surface area contributed by atoms with Crippen LogP contribution in [0.1, 0.15) is 18.6 Å². The highest BCUT2D eigenvalue weighted by molar-refractivity contribution is 5.76. The lowest BCUT2D eigenvalue weighted by molar-refractivity contribution is -0.132. The second-order valence-corrected chi connectivity index (χ2v) is 4.71. The van der Waals surface area contributed by atoms with Gasteiger partial charge >= 0.3 is 0 Å². The molecule has 2 aromatic rings. The average molecular weight is 298 g/mol. The number of benzene rings is 1. The van der Waals surface area contributed by atoms with E-state index in [9.17, 15) is 4.79 Å². The summed E-state index contributed by atoms with van der Waals surface area (Å²) < 4.78 is 10.8. The molecule has 0 aliphatic carbocycles. The number of amides is 1. The SMILES string of the molecule is N#CCCN(Cc1ccco1)C(=O)CCOc1ccccc1. The third kappa shape index (κ3) is 4.98. The van der Waals surface area contributed by atoms with Crippen LogP contribution in [0, 0.1) is 11.3 Å². The second kappa shape index (κ2) is 8.53. The van der Waals surface area contributed by atoms with E-state index < -0.39 is 0 Å². The summed E-state index contributed by atoms with van der Waals surface area (Å²) in [5.74, 6) is 1.39. The Kier molecular flexibility index (Phi) is 6.06. The maximum Gasteiger partial charge on any atom is 0.226 e. The Morgan fingerprint density at radius 3 is 2.73 bits per heavy atom. The standard InChI is InChI=1S/C17H18N2O3/c18-10-5-11-19(14-16-8-4-12-21-16)17(20)9-13-22-15-6-2-1-3-7-15/h1-4,6-8,12H,5,9,11,13-14H2. The molecule has 2 rings (SSSR count). The van der Waals surface area contributed by atoms with Crippen molar-refractivity contribution in [1.29, 1.82) is 5.26 Å². The van der Waals surface area contributed by atoms with Crippen LogP contribution < -0.4 is 4.74 Å². The van der Waals surface area contributed by atoms with Crippen molar-refractivity contribution in [3.8, 4) is 11.8 Å². The largest absolute Gasteiger partial charge is 0.493 e. The second-order valence-electron chi connectivity index (χ2n) is 4.71. The number of nitrogens with zero attached hydrogens (tertiary/aromatic N) is 2. The molecule has 1 aromatic heterocycles. The summed E-state index contributed by atoms with van der Waals surface area (Å²) in [7, 11) is 0. The van der Waals surface area contributed by atoms with E-state index in [0.717, 1.165) is 5.75 Å². The monoisotopic (exact) mass is 298 g/mol. The van der Waals surface area contributed by atoms with Crippen molar-refractivity contribution in [3.63, 3.8) is 0 Å². The molecule has 0 saturated carbocycles. The Labute approximate surface area is 129 Å². The van der Waals surface area contributed by atoms with Gasteiger partial charge in [0.25, 0.3) is 0 Å². The minimum absolute atomic E-state index is 0.0532. The fourth-order valence-corrected chi connectivity index (χ4v) is 2.00. The topological polar surface area (TPSA) is 66.5 Å². The van der Waals surface area contributed by atoms with Gasteiger partial charge in [-0.2, -0.15) is 5.26 Å². The van der Waals surface area contributed by atoms with E-state index in [2.05, 4.69) is 6.07 Å². The molecule has 0 spiro atoms. The normalized spacial score (nSPS) is 9.95. The van der Waals surface area contributed by atoms with Gasteiger partial charge in [-0.15, -0.1) is 0 Å². The van der Waals surface area contributed by atoms with Crippen LogP contribution in [0.2, 0.25) is 0 Å². The van der Waals surface area contributed by atoms with Gasteiger partial charge in [-0.25, -0.2) is 0 Å². The quantitative estimate of drug-likeness (QED) is 0.751. The van der Waals surface area contributed by atoms with Crippen molar-refractivity contribution >= 4 is 5.91 Å². The minimum atomic E-state index is -0.0532. The Hall–Kier alpha value is -2.74. The smallest absolute Gasteiger partial charge is 0.226 e. The third-order valence-corrected chi connectivity index (χ3v) is 3.10. The molecular formula is C17H18N2O3. The molecule has 5 heteroatoms. The van der Waals surface area contributed by atoms with Crippen LogP contribution in [0.25, 0.3) is 0 Å². The molecule has 0 bridgehead atoms. The molecule has 1 aromatic carbocycles. The molecule has 0 atom stereocenters. The Morgan fingerprint density at radius 1 is 1.23 bits per heavy atom. The Balaban J connectivity index is 1.84. The zero-order valence-corrected chi connectivity index (χ0v) is 12.3. The molecule has 1 heterocycles. The summed E-state index contributed by atoms with van der Waals surface area (Å²) in [4.78, 5) is 13.9. The summed E-state index contributed by atoms with van der Waals surface area (Å²) in [6.07, 6.45) is 2.13. The van der Waals surface area contributed by atoms with Crippen LogP contribution in [0.15, 0.2) is 53.1 Å². The Bertz CT molecular complexity index is 603. The summed E-state index contributed by atoms with van der Waals surface area (Å²) >= 11 is 0. The van der Waals surface area contributed by atoms with E-state index in [4.69, 9.17) is 14.4 Å². The van der Waals surface area contributed by atoms with Gasteiger partial charge in [0.1, 0.15) is 11.5 Å². The first kappa shape index (κ1) is 15.6. The first-order valence-electron chi connectivity index (χ1n) is 7.14. The number of ether oxygens (including phenoxy) is 1. The van der Waals surface area contributed by atoms with Crippen molar-refractivity contribution in [2.75, 3.05) is 13.2 Å². The predicted octanol–water partition coefficient (Wildman–Crippen LogP) is 2.99. The number of hydrogen-bond acceptors (Lipinski definition) is 4. The minimum Gasteiger partial charge on any atom is -0.493 e. The van der Waals surface area contributed by atoms with Crippen molar-refractivity contribution in [1.82, 2.24) is 4.90 Å². The summed E-state index contributed by atoms with van der Waals surface area (Å²) in [5.41, 5.74) is 0. The fourth-order valence-electron chi connectivity index (χ4n) is 2.00. The van der Waals surface area contributed by atoms with E-state index in [1.807, 2.05) is 36.4 Å². The zero-order chi connectivity index (χ0) is 15.6. The predicted molar refractivity (Wildman–Crippen MR) is 80.9 cm³/mol. The van der Waals surface area contributed by atoms with Crippen molar-refractivity contribution in [3.05, 3.63) is 54.5 Å². The van der Waals surface area contributed by atoms with Crippen molar-refractivity contribution in [2.24, 2.45) is 0 Å². The number of carbonyl (C=O) groups is 1. The lowest BCUT2D eigenvalue weighted by atomic mass is 10.3. The fraction of sp³-hybridized carbons (Fsp3) is 0.294. The number of para-hydroxylation sites is 1. The zero-order valence-electron chi connectivity index (χ0n) is 12.3. The van der Waals surface area contributed by atoms with Crippen LogP contribution in [0.4, 0.5) is 0 Å². The van der Waals surface area contributed by atoms with Crippen LogP contribution in [-0.2, 0) is 11.3 Å². The maximum absolute atomic E-state index is 12.3. The van der Waals surface area contributed by atoms with Crippen LogP contribution in [0.5, 0.6) is 5.75 Å². The highest BCUT2D eigenvalue weighted by atomic mass is 16.5. The van der Waals surface area contributed by atoms with Gasteiger partial charge in [-0.1, -0.05) is 18.2 Å². The summed E-state index contributed by atoms with van der Waals surface area (Å²) in [6.45, 7) is 1.07. The van der Waals surface area contributed by atoms with Crippen molar-refractivity contribution < 1.29 is 13.9 Å². The molecule has 22 heavy (non-hydrogen) atoms. The Morgan fingerprint density at radius 2 is 2.05 bits per heavy atom. The van der Waals surface area contributed by atoms with E-state index in [1.165, 1.54) is 0 Å². The third-order valence-electron chi connectivity index (χ3n) is 3.10. The summed E-state index contributed by atoms with van der Waals surface area (Å²) in [5, 5.41) is 8.71. The first-order chi connectivity index (χ1) is 10.8. The van der Waals surface area contributed by atoms with E-state index >= 15 is 0 Å². The van der Waals surface area contributed by atoms with Gasteiger partial charge < -0.3 is 14.1 Å². The van der Waals surface area contributed by atoms with Gasteiger partial charge in [-0.05, 0) is 24.3 Å². The van der Waals surface area contributed by atoms with Gasteiger partial charge in [0.05, 0.1) is 38.3 Å². The molecular weight excluding hydrogens is 280 g/mol. The molecule has 0 fully saturated rings. The van der Waals surface area contributed by atoms with Crippen molar-refractivity contribution in [2.45, 2.75) is 19.4 Å².